The van der Waals surface area contributed by atoms with Gasteiger partial charge in [0.25, 0.3) is 0 Å². The highest BCUT2D eigenvalue weighted by molar-refractivity contribution is 8.00. The van der Waals surface area contributed by atoms with Crippen molar-refractivity contribution in [1.82, 2.24) is 19.8 Å². The number of ether oxygens (including phenoxy) is 2. The van der Waals surface area contributed by atoms with Crippen LogP contribution in [0.1, 0.15) is 5.56 Å². The van der Waals surface area contributed by atoms with E-state index in [2.05, 4.69) is 14.9 Å². The fourth-order valence-electron chi connectivity index (χ4n) is 3.56. The van der Waals surface area contributed by atoms with Gasteiger partial charge in [0.05, 0.1) is 12.1 Å². The molecule has 33 heavy (non-hydrogen) atoms. The highest BCUT2D eigenvalue weighted by Crippen LogP contribution is 2.46. The number of halogens is 2. The van der Waals surface area contributed by atoms with Crippen LogP contribution in [-0.2, 0) is 11.3 Å². The highest BCUT2D eigenvalue weighted by atomic mass is 35.5. The number of thioether (sulfide) groups is 1. The van der Waals surface area contributed by atoms with Gasteiger partial charge < -0.3 is 25.2 Å². The molecular weight excluding hydrogens is 495 g/mol. The fourth-order valence-corrected chi connectivity index (χ4v) is 5.14. The summed E-state index contributed by atoms with van der Waals surface area (Å²) in [7, 11) is 1.41. The zero-order valence-corrected chi connectivity index (χ0v) is 19.7. The van der Waals surface area contributed by atoms with Gasteiger partial charge >= 0.3 is 12.1 Å². The number of aromatic nitrogens is 2. The number of amides is 3. The summed E-state index contributed by atoms with van der Waals surface area (Å²) in [5.41, 5.74) is 5.36. The molecule has 1 saturated heterocycles. The molecule has 11 nitrogen and oxygen atoms in total. The number of fused-ring (bicyclic) bond motifs is 1. The molecular formula is C19H20Cl2N6O5S. The number of primary amides is 1. The number of carbonyl (C=O) groups is 2. The standard InChI is InChI=1S/C19H20Cl2N6O5S/c1-31-15-13-16(24-9-23-15)33-19(27(13)17(22)29)32-18(30)26-4-2-25(3-5-26)8-10-6-11(20)7-12(21)14(10)28/h6-7,9,19,28H,2-5,8H2,1H3,(H2,22,29). The average molecular weight is 515 g/mol. The Labute approximate surface area is 203 Å². The summed E-state index contributed by atoms with van der Waals surface area (Å²) in [5, 5.41) is 11.2. The molecule has 3 amide bonds. The number of phenolic OH excluding ortho intramolecular Hbond substituents is 1. The summed E-state index contributed by atoms with van der Waals surface area (Å²) >= 11 is 13.1. The summed E-state index contributed by atoms with van der Waals surface area (Å²) in [6, 6.07) is 2.32. The van der Waals surface area contributed by atoms with Crippen LogP contribution in [0, 0.1) is 0 Å². The maximum atomic E-state index is 12.8. The van der Waals surface area contributed by atoms with Crippen LogP contribution in [0.2, 0.25) is 10.0 Å². The molecule has 0 spiro atoms. The third-order valence-electron chi connectivity index (χ3n) is 5.18. The first-order valence-corrected chi connectivity index (χ1v) is 11.4. The number of phenols is 1. The smallest absolute Gasteiger partial charge is 0.412 e. The van der Waals surface area contributed by atoms with Gasteiger partial charge in [-0.1, -0.05) is 23.2 Å². The molecule has 1 unspecified atom stereocenters. The second-order valence-electron chi connectivity index (χ2n) is 7.21. The molecule has 0 aliphatic carbocycles. The number of anilines is 1. The summed E-state index contributed by atoms with van der Waals surface area (Å²) in [6.45, 7) is 2.28. The van der Waals surface area contributed by atoms with Gasteiger partial charge in [0, 0.05) is 43.3 Å². The number of urea groups is 1. The number of hydrogen-bond donors (Lipinski definition) is 2. The molecule has 14 heteroatoms. The molecule has 1 atom stereocenters. The van der Waals surface area contributed by atoms with E-state index < -0.39 is 17.7 Å². The van der Waals surface area contributed by atoms with Crippen molar-refractivity contribution in [2.24, 2.45) is 5.73 Å². The molecule has 0 saturated carbocycles. The maximum absolute atomic E-state index is 12.8. The molecule has 1 aromatic heterocycles. The van der Waals surface area contributed by atoms with E-state index >= 15 is 0 Å². The number of benzene rings is 1. The Morgan fingerprint density at radius 2 is 1.97 bits per heavy atom. The van der Waals surface area contributed by atoms with Crippen LogP contribution in [0.25, 0.3) is 0 Å². The van der Waals surface area contributed by atoms with Crippen molar-refractivity contribution in [3.05, 3.63) is 34.1 Å². The van der Waals surface area contributed by atoms with Crippen LogP contribution in [-0.4, -0.2) is 75.8 Å². The van der Waals surface area contributed by atoms with Crippen LogP contribution < -0.4 is 15.4 Å². The van der Waals surface area contributed by atoms with Crippen molar-refractivity contribution in [2.75, 3.05) is 38.2 Å². The molecule has 2 aliphatic heterocycles. The molecule has 2 aromatic rings. The molecule has 2 aliphatic rings. The van der Waals surface area contributed by atoms with E-state index in [-0.39, 0.29) is 22.3 Å². The quantitative estimate of drug-likeness (QED) is 0.590. The normalized spacial score (nSPS) is 18.2. The minimum absolute atomic E-state index is 0.00852. The molecule has 3 N–H and O–H groups in total. The van der Waals surface area contributed by atoms with Crippen molar-refractivity contribution < 1.29 is 24.2 Å². The molecule has 4 rings (SSSR count). The van der Waals surface area contributed by atoms with E-state index in [1.165, 1.54) is 24.4 Å². The summed E-state index contributed by atoms with van der Waals surface area (Å²) in [5.74, 6) is 0.147. The first-order chi connectivity index (χ1) is 15.8. The predicted octanol–water partition coefficient (Wildman–Crippen LogP) is 2.73. The summed E-state index contributed by atoms with van der Waals surface area (Å²) in [6.07, 6.45) is 0.699. The average Bonchev–Trinajstić information content (AvgIpc) is 3.15. The van der Waals surface area contributed by atoms with Crippen LogP contribution in [0.3, 0.4) is 0 Å². The van der Waals surface area contributed by atoms with Gasteiger partial charge in [0.15, 0.2) is 0 Å². The first kappa shape index (κ1) is 23.5. The Balaban J connectivity index is 1.37. The molecule has 3 heterocycles. The van der Waals surface area contributed by atoms with Crippen molar-refractivity contribution >= 4 is 52.8 Å². The molecule has 1 fully saturated rings. The topological polar surface area (TPSA) is 134 Å². The van der Waals surface area contributed by atoms with Gasteiger partial charge in [0.2, 0.25) is 11.4 Å². The first-order valence-electron chi connectivity index (χ1n) is 9.77. The monoisotopic (exact) mass is 514 g/mol. The van der Waals surface area contributed by atoms with Gasteiger partial charge in [-0.15, -0.1) is 0 Å². The molecule has 1 aromatic carbocycles. The number of aromatic hydroxyl groups is 1. The van der Waals surface area contributed by atoms with Crippen LogP contribution in [0.15, 0.2) is 23.5 Å². The predicted molar refractivity (Wildman–Crippen MR) is 122 cm³/mol. The minimum Gasteiger partial charge on any atom is -0.506 e. The number of hydrogen-bond acceptors (Lipinski definition) is 9. The zero-order chi connectivity index (χ0) is 23.7. The van der Waals surface area contributed by atoms with Gasteiger partial charge in [-0.05, 0) is 23.9 Å². The van der Waals surface area contributed by atoms with E-state index in [1.54, 1.807) is 6.07 Å². The Kier molecular flexibility index (Phi) is 6.88. The lowest BCUT2D eigenvalue weighted by Crippen LogP contribution is -2.50. The van der Waals surface area contributed by atoms with Crippen LogP contribution >= 0.6 is 35.0 Å². The number of nitrogens with zero attached hydrogens (tertiary/aromatic N) is 5. The lowest BCUT2D eigenvalue weighted by Gasteiger charge is -2.35. The fraction of sp³-hybridized carbons (Fsp3) is 0.368. The van der Waals surface area contributed by atoms with Gasteiger partial charge in [-0.25, -0.2) is 19.5 Å². The van der Waals surface area contributed by atoms with E-state index in [0.29, 0.717) is 48.3 Å². The Hall–Kier alpha value is -2.67. The van der Waals surface area contributed by atoms with E-state index in [0.717, 1.165) is 16.7 Å². The zero-order valence-electron chi connectivity index (χ0n) is 17.4. The number of carbonyl (C=O) groups excluding carboxylic acids is 2. The lowest BCUT2D eigenvalue weighted by molar-refractivity contribution is 0.0688. The molecule has 176 valence electrons. The van der Waals surface area contributed by atoms with E-state index in [9.17, 15) is 14.7 Å². The van der Waals surface area contributed by atoms with Crippen molar-refractivity contribution in [2.45, 2.75) is 17.1 Å². The molecule has 0 bridgehead atoms. The van der Waals surface area contributed by atoms with Crippen LogP contribution in [0.5, 0.6) is 11.6 Å². The maximum Gasteiger partial charge on any atom is 0.412 e. The van der Waals surface area contributed by atoms with Crippen molar-refractivity contribution in [3.8, 4) is 11.6 Å². The minimum atomic E-state index is -1.03. The SMILES string of the molecule is COc1ncnc2c1N(C(N)=O)C(OC(=O)N1CCN(Cc3cc(Cl)cc(Cl)c3O)CC1)S2. The van der Waals surface area contributed by atoms with E-state index in [1.807, 2.05) is 0 Å². The summed E-state index contributed by atoms with van der Waals surface area (Å²) < 4.78 is 10.8. The Morgan fingerprint density at radius 3 is 2.64 bits per heavy atom. The third kappa shape index (κ3) is 4.83. The second kappa shape index (κ2) is 9.67. The Bertz CT molecular complexity index is 1080. The number of rotatable bonds is 4. The van der Waals surface area contributed by atoms with Gasteiger partial charge in [0.1, 0.15) is 22.8 Å². The van der Waals surface area contributed by atoms with Gasteiger partial charge in [-0.2, -0.15) is 4.98 Å². The van der Waals surface area contributed by atoms with Crippen molar-refractivity contribution in [3.63, 3.8) is 0 Å². The molecule has 0 radical (unpaired) electrons. The largest absolute Gasteiger partial charge is 0.506 e. The van der Waals surface area contributed by atoms with Crippen molar-refractivity contribution in [1.29, 1.82) is 0 Å². The number of piperazine rings is 1. The van der Waals surface area contributed by atoms with Crippen LogP contribution in [0.4, 0.5) is 15.3 Å². The van der Waals surface area contributed by atoms with Gasteiger partial charge in [-0.3, -0.25) is 4.90 Å². The second-order valence-corrected chi connectivity index (χ2v) is 9.08. The lowest BCUT2D eigenvalue weighted by atomic mass is 10.1. The Morgan fingerprint density at radius 1 is 1.24 bits per heavy atom. The number of methoxy groups -OCH3 is 1. The third-order valence-corrected chi connectivity index (χ3v) is 6.72. The number of nitrogens with two attached hydrogens (primary N) is 1. The van der Waals surface area contributed by atoms with E-state index in [4.69, 9.17) is 38.4 Å². The summed E-state index contributed by atoms with van der Waals surface area (Å²) in [4.78, 5) is 37.6. The highest BCUT2D eigenvalue weighted by Gasteiger charge is 2.41.